The van der Waals surface area contributed by atoms with E-state index in [4.69, 9.17) is 21.1 Å². The number of ether oxygens (including phenoxy) is 2. The van der Waals surface area contributed by atoms with E-state index in [1.165, 1.54) is 6.07 Å². The first-order valence-corrected chi connectivity index (χ1v) is 13.5. The first-order chi connectivity index (χ1) is 18.8. The summed E-state index contributed by atoms with van der Waals surface area (Å²) in [6, 6.07) is 10.3. The minimum Gasteiger partial charge on any atom is -0.495 e. The van der Waals surface area contributed by atoms with Crippen LogP contribution in [0.1, 0.15) is 12.5 Å². The number of carbonyl (C=O) groups is 2. The van der Waals surface area contributed by atoms with Gasteiger partial charge in [-0.1, -0.05) is 11.6 Å². The van der Waals surface area contributed by atoms with Crippen LogP contribution < -0.4 is 14.5 Å². The van der Waals surface area contributed by atoms with Crippen LogP contribution in [-0.2, 0) is 16.0 Å². The molecule has 0 radical (unpaired) electrons. The lowest BCUT2D eigenvalue weighted by molar-refractivity contribution is -0.384. The monoisotopic (exact) mass is 557 g/mol. The van der Waals surface area contributed by atoms with Gasteiger partial charge in [0.05, 0.1) is 36.3 Å². The average Bonchev–Trinajstić information content (AvgIpc) is 2.95. The van der Waals surface area contributed by atoms with Crippen molar-refractivity contribution in [2.45, 2.75) is 19.4 Å². The highest BCUT2D eigenvalue weighted by Gasteiger charge is 2.44. The van der Waals surface area contributed by atoms with Crippen LogP contribution in [0.2, 0.25) is 5.02 Å². The van der Waals surface area contributed by atoms with Gasteiger partial charge >= 0.3 is 6.09 Å². The van der Waals surface area contributed by atoms with E-state index in [0.717, 1.165) is 16.9 Å². The first-order valence-electron chi connectivity index (χ1n) is 13.1. The van der Waals surface area contributed by atoms with Gasteiger partial charge in [-0.05, 0) is 43.2 Å². The molecule has 3 aliphatic rings. The van der Waals surface area contributed by atoms with E-state index in [0.29, 0.717) is 69.6 Å². The summed E-state index contributed by atoms with van der Waals surface area (Å²) in [6.45, 7) is 5.56. The van der Waals surface area contributed by atoms with Crippen LogP contribution in [0.25, 0.3) is 0 Å². The van der Waals surface area contributed by atoms with Crippen molar-refractivity contribution in [1.82, 2.24) is 9.80 Å². The lowest BCUT2D eigenvalue weighted by Crippen LogP contribution is -2.62. The SMILES string of the molecule is CCOC(=O)N1CCN(C(=O)[C@@H]2Cc3cc([N+](=O)[O-])ccc3N3CCN(c4cc(Cl)ccc4OC)C[C@@H]23)CC1. The molecule has 0 bridgehead atoms. The molecule has 208 valence electrons. The highest BCUT2D eigenvalue weighted by molar-refractivity contribution is 6.31. The van der Waals surface area contributed by atoms with Crippen molar-refractivity contribution in [2.75, 3.05) is 69.3 Å². The van der Waals surface area contributed by atoms with Gasteiger partial charge in [0.15, 0.2) is 0 Å². The Bertz CT molecular complexity index is 1270. The molecule has 2 fully saturated rings. The largest absolute Gasteiger partial charge is 0.495 e. The van der Waals surface area contributed by atoms with Crippen molar-refractivity contribution < 1.29 is 24.0 Å². The fraction of sp³-hybridized carbons (Fsp3) is 0.481. The molecule has 11 nitrogen and oxygen atoms in total. The van der Waals surface area contributed by atoms with Crippen molar-refractivity contribution in [3.8, 4) is 5.75 Å². The second-order valence-electron chi connectivity index (χ2n) is 9.91. The summed E-state index contributed by atoms with van der Waals surface area (Å²) in [5, 5.41) is 12.1. The van der Waals surface area contributed by atoms with Gasteiger partial charge in [0.2, 0.25) is 5.91 Å². The Labute approximate surface area is 231 Å². The number of methoxy groups -OCH3 is 1. The number of rotatable bonds is 5. The van der Waals surface area contributed by atoms with Crippen molar-refractivity contribution in [1.29, 1.82) is 0 Å². The molecule has 0 spiro atoms. The summed E-state index contributed by atoms with van der Waals surface area (Å²) in [5.41, 5.74) is 2.62. The van der Waals surface area contributed by atoms with E-state index < -0.39 is 10.8 Å². The predicted molar refractivity (Wildman–Crippen MR) is 147 cm³/mol. The molecule has 2 saturated heterocycles. The van der Waals surface area contributed by atoms with Crippen LogP contribution in [0.4, 0.5) is 21.9 Å². The quantitative estimate of drug-likeness (QED) is 0.406. The molecule has 5 rings (SSSR count). The molecule has 3 heterocycles. The van der Waals surface area contributed by atoms with Crippen LogP contribution in [-0.4, -0.2) is 92.3 Å². The Morgan fingerprint density at radius 1 is 1.03 bits per heavy atom. The first kappa shape index (κ1) is 26.9. The molecule has 39 heavy (non-hydrogen) atoms. The number of hydrogen-bond donors (Lipinski definition) is 0. The van der Waals surface area contributed by atoms with Crippen molar-refractivity contribution in [2.24, 2.45) is 5.92 Å². The Hall–Kier alpha value is -3.73. The average molecular weight is 558 g/mol. The number of hydrogen-bond acceptors (Lipinski definition) is 8. The van der Waals surface area contributed by atoms with Gasteiger partial charge in [-0.15, -0.1) is 0 Å². The molecule has 3 aliphatic heterocycles. The second-order valence-corrected chi connectivity index (χ2v) is 10.4. The van der Waals surface area contributed by atoms with E-state index in [1.54, 1.807) is 42.0 Å². The molecule has 2 amide bonds. The van der Waals surface area contributed by atoms with Gasteiger partial charge in [-0.25, -0.2) is 4.79 Å². The maximum Gasteiger partial charge on any atom is 0.409 e. The standard InChI is InChI=1S/C27H32ClN5O6/c1-3-39-27(35)30-10-8-29(9-11-30)26(34)21-15-18-14-20(33(36)37)5-6-22(18)32-13-12-31(17-24(21)32)23-16-19(28)4-7-25(23)38-2/h4-7,14,16,21,24H,3,8-13,15,17H2,1-2H3/t21-,24+/m1/s1. The fourth-order valence-electron chi connectivity index (χ4n) is 5.90. The Balaban J connectivity index is 1.43. The lowest BCUT2D eigenvalue weighted by Gasteiger charge is -2.50. The zero-order valence-electron chi connectivity index (χ0n) is 22.0. The van der Waals surface area contributed by atoms with Crippen molar-refractivity contribution >= 4 is 40.7 Å². The van der Waals surface area contributed by atoms with Crippen LogP contribution in [0, 0.1) is 16.0 Å². The molecule has 2 aromatic carbocycles. The number of nitrogens with zero attached hydrogens (tertiary/aromatic N) is 5. The summed E-state index contributed by atoms with van der Waals surface area (Å²) in [6.07, 6.45) is 0.0309. The lowest BCUT2D eigenvalue weighted by atomic mass is 9.82. The molecular weight excluding hydrogens is 526 g/mol. The Kier molecular flexibility index (Phi) is 7.69. The van der Waals surface area contributed by atoms with Gasteiger partial charge in [-0.2, -0.15) is 0 Å². The topological polar surface area (TPSA) is 109 Å². The van der Waals surface area contributed by atoms with Gasteiger partial charge in [0.25, 0.3) is 5.69 Å². The van der Waals surface area contributed by atoms with Gasteiger partial charge in [0, 0.05) is 68.7 Å². The minimum absolute atomic E-state index is 0.00873. The van der Waals surface area contributed by atoms with Crippen molar-refractivity contribution in [3.05, 3.63) is 57.1 Å². The summed E-state index contributed by atoms with van der Waals surface area (Å²) in [5.74, 6) is 0.282. The molecule has 2 atom stereocenters. The van der Waals surface area contributed by atoms with E-state index in [1.807, 2.05) is 12.1 Å². The number of nitro benzene ring substituents is 1. The second kappa shape index (κ2) is 11.2. The van der Waals surface area contributed by atoms with E-state index in [9.17, 15) is 19.7 Å². The van der Waals surface area contributed by atoms with E-state index in [2.05, 4.69) is 9.80 Å². The van der Waals surface area contributed by atoms with Crippen LogP contribution in [0.15, 0.2) is 36.4 Å². The third kappa shape index (κ3) is 5.27. The van der Waals surface area contributed by atoms with Crippen LogP contribution in [0.5, 0.6) is 5.75 Å². The Morgan fingerprint density at radius 3 is 2.46 bits per heavy atom. The predicted octanol–water partition coefficient (Wildman–Crippen LogP) is 3.43. The number of halogens is 1. The van der Waals surface area contributed by atoms with Crippen LogP contribution in [0.3, 0.4) is 0 Å². The summed E-state index contributed by atoms with van der Waals surface area (Å²) in [7, 11) is 1.62. The molecule has 0 aliphatic carbocycles. The van der Waals surface area contributed by atoms with E-state index >= 15 is 0 Å². The number of benzene rings is 2. The molecule has 12 heteroatoms. The van der Waals surface area contributed by atoms with Gasteiger partial charge in [0.1, 0.15) is 5.75 Å². The zero-order chi connectivity index (χ0) is 27.7. The minimum atomic E-state index is -0.415. The number of amides is 2. The van der Waals surface area contributed by atoms with Gasteiger partial charge in [-0.3, -0.25) is 14.9 Å². The Morgan fingerprint density at radius 2 is 1.77 bits per heavy atom. The number of piperazine rings is 2. The number of carbonyl (C=O) groups excluding carboxylic acids is 2. The van der Waals surface area contributed by atoms with Gasteiger partial charge < -0.3 is 29.1 Å². The maximum absolute atomic E-state index is 14.0. The molecule has 0 saturated carbocycles. The zero-order valence-corrected chi connectivity index (χ0v) is 22.8. The highest BCUT2D eigenvalue weighted by Crippen LogP contribution is 2.41. The summed E-state index contributed by atoms with van der Waals surface area (Å²) in [4.78, 5) is 45.1. The molecule has 0 aromatic heterocycles. The fourth-order valence-corrected chi connectivity index (χ4v) is 6.06. The molecule has 0 unspecified atom stereocenters. The highest BCUT2D eigenvalue weighted by atomic mass is 35.5. The number of fused-ring (bicyclic) bond motifs is 3. The normalized spacial score (nSPS) is 20.7. The number of nitro groups is 1. The van der Waals surface area contributed by atoms with Crippen molar-refractivity contribution in [3.63, 3.8) is 0 Å². The summed E-state index contributed by atoms with van der Waals surface area (Å²) >= 11 is 6.33. The molecular formula is C27H32ClN5O6. The molecule has 0 N–H and O–H groups in total. The maximum atomic E-state index is 14.0. The van der Waals surface area contributed by atoms with E-state index in [-0.39, 0.29) is 23.7 Å². The number of anilines is 2. The molecule has 2 aromatic rings. The third-order valence-electron chi connectivity index (χ3n) is 7.82. The van der Waals surface area contributed by atoms with Crippen LogP contribution >= 0.6 is 11.6 Å². The summed E-state index contributed by atoms with van der Waals surface area (Å²) < 4.78 is 10.7. The third-order valence-corrected chi connectivity index (χ3v) is 8.06. The number of non-ortho nitro benzene ring substituents is 1. The smallest absolute Gasteiger partial charge is 0.409 e.